The quantitative estimate of drug-likeness (QED) is 0.796. The second kappa shape index (κ2) is 7.07. The van der Waals surface area contributed by atoms with Gasteiger partial charge in [0.1, 0.15) is 6.07 Å². The van der Waals surface area contributed by atoms with E-state index in [0.29, 0.717) is 23.7 Å². The highest BCUT2D eigenvalue weighted by molar-refractivity contribution is 5.85. The van der Waals surface area contributed by atoms with Crippen molar-refractivity contribution in [2.45, 2.75) is 20.0 Å². The van der Waals surface area contributed by atoms with Crippen LogP contribution in [0.1, 0.15) is 19.4 Å². The molecule has 0 bridgehead atoms. The third-order valence-electron chi connectivity index (χ3n) is 2.17. The first-order valence-corrected chi connectivity index (χ1v) is 5.81. The maximum Gasteiger partial charge on any atom is 0.328 e. The summed E-state index contributed by atoms with van der Waals surface area (Å²) in [5, 5.41) is 17.3. The van der Waals surface area contributed by atoms with Crippen LogP contribution in [0.5, 0.6) is 11.5 Å². The molecule has 0 amide bonds. The van der Waals surface area contributed by atoms with E-state index < -0.39 is 12.1 Å². The fraction of sp³-hybridized carbons (Fsp3) is 0.286. The molecule has 1 N–H and O–H groups in total. The molecule has 1 aromatic rings. The maximum atomic E-state index is 10.5. The first-order valence-electron chi connectivity index (χ1n) is 5.81. The maximum absolute atomic E-state index is 10.5. The van der Waals surface area contributed by atoms with Crippen molar-refractivity contribution in [3.05, 3.63) is 29.8 Å². The SMILES string of the molecule is CCOc1cc(C=CC(=O)O)ccc1OC(C)C#N. The Kier molecular flexibility index (Phi) is 5.42. The Hall–Kier alpha value is -2.48. The number of ether oxygens (including phenoxy) is 2. The number of benzene rings is 1. The lowest BCUT2D eigenvalue weighted by molar-refractivity contribution is -0.131. The molecule has 1 aromatic carbocycles. The lowest BCUT2D eigenvalue weighted by atomic mass is 10.2. The zero-order valence-corrected chi connectivity index (χ0v) is 10.8. The first kappa shape index (κ1) is 14.6. The molecule has 5 heteroatoms. The van der Waals surface area contributed by atoms with Crippen molar-refractivity contribution in [2.24, 2.45) is 0 Å². The van der Waals surface area contributed by atoms with Crippen molar-refractivity contribution in [1.82, 2.24) is 0 Å². The minimum atomic E-state index is -1.02. The van der Waals surface area contributed by atoms with Gasteiger partial charge in [-0.2, -0.15) is 5.26 Å². The standard InChI is InChI=1S/C14H15NO4/c1-3-18-13-8-11(5-7-14(16)17)4-6-12(13)19-10(2)9-15/h4-8,10H,3H2,1-2H3,(H,16,17). The van der Waals surface area contributed by atoms with Gasteiger partial charge in [0.2, 0.25) is 0 Å². The number of carboxylic acid groups (broad SMARTS) is 1. The second-order valence-electron chi connectivity index (χ2n) is 3.70. The van der Waals surface area contributed by atoms with E-state index in [2.05, 4.69) is 0 Å². The monoisotopic (exact) mass is 261 g/mol. The minimum absolute atomic E-state index is 0.448. The van der Waals surface area contributed by atoms with Gasteiger partial charge in [0, 0.05) is 6.08 Å². The van der Waals surface area contributed by atoms with Crippen molar-refractivity contribution in [2.75, 3.05) is 6.61 Å². The molecule has 0 aliphatic carbocycles. The van der Waals surface area contributed by atoms with Crippen LogP contribution in [-0.2, 0) is 4.79 Å². The highest BCUT2D eigenvalue weighted by Gasteiger charge is 2.09. The Balaban J connectivity index is 3.00. The number of hydrogen-bond acceptors (Lipinski definition) is 4. The summed E-state index contributed by atoms with van der Waals surface area (Å²) < 4.78 is 10.8. The molecule has 0 aliphatic heterocycles. The molecular formula is C14H15NO4. The van der Waals surface area contributed by atoms with E-state index in [9.17, 15) is 4.79 Å². The van der Waals surface area contributed by atoms with Crippen LogP contribution in [0.15, 0.2) is 24.3 Å². The molecule has 0 saturated carbocycles. The zero-order valence-electron chi connectivity index (χ0n) is 10.8. The van der Waals surface area contributed by atoms with Crippen LogP contribution in [0, 0.1) is 11.3 Å². The largest absolute Gasteiger partial charge is 0.490 e. The van der Waals surface area contributed by atoms with Gasteiger partial charge < -0.3 is 14.6 Å². The lowest BCUT2D eigenvalue weighted by Gasteiger charge is -2.13. The zero-order chi connectivity index (χ0) is 14.3. The van der Waals surface area contributed by atoms with Crippen LogP contribution >= 0.6 is 0 Å². The van der Waals surface area contributed by atoms with Gasteiger partial charge in [0.15, 0.2) is 17.6 Å². The molecule has 0 aliphatic rings. The third kappa shape index (κ3) is 4.72. The van der Waals surface area contributed by atoms with Gasteiger partial charge in [0.25, 0.3) is 0 Å². The van der Waals surface area contributed by atoms with E-state index in [4.69, 9.17) is 19.8 Å². The fourth-order valence-corrected chi connectivity index (χ4v) is 1.38. The van der Waals surface area contributed by atoms with E-state index in [-0.39, 0.29) is 0 Å². The van der Waals surface area contributed by atoms with Gasteiger partial charge in [-0.15, -0.1) is 0 Å². The van der Waals surface area contributed by atoms with Crippen molar-refractivity contribution >= 4 is 12.0 Å². The molecule has 1 unspecified atom stereocenters. The van der Waals surface area contributed by atoms with Gasteiger partial charge in [-0.05, 0) is 37.6 Å². The first-order chi connectivity index (χ1) is 9.06. The number of nitrogens with zero attached hydrogens (tertiary/aromatic N) is 1. The predicted molar refractivity (Wildman–Crippen MR) is 70.0 cm³/mol. The second-order valence-corrected chi connectivity index (χ2v) is 3.70. The van der Waals surface area contributed by atoms with Gasteiger partial charge in [-0.3, -0.25) is 0 Å². The van der Waals surface area contributed by atoms with Crippen LogP contribution in [0.2, 0.25) is 0 Å². The van der Waals surface area contributed by atoms with Gasteiger partial charge >= 0.3 is 5.97 Å². The van der Waals surface area contributed by atoms with Crippen molar-refractivity contribution in [1.29, 1.82) is 5.26 Å². The van der Waals surface area contributed by atoms with Crippen molar-refractivity contribution < 1.29 is 19.4 Å². The number of carbonyl (C=O) groups is 1. The highest BCUT2D eigenvalue weighted by Crippen LogP contribution is 2.29. The van der Waals surface area contributed by atoms with Crippen LogP contribution in [0.3, 0.4) is 0 Å². The van der Waals surface area contributed by atoms with Crippen LogP contribution in [0.4, 0.5) is 0 Å². The van der Waals surface area contributed by atoms with Crippen molar-refractivity contribution in [3.8, 4) is 17.6 Å². The summed E-state index contributed by atoms with van der Waals surface area (Å²) in [7, 11) is 0. The Labute approximate surface area is 111 Å². The van der Waals surface area contributed by atoms with Gasteiger partial charge in [0.05, 0.1) is 6.61 Å². The number of aliphatic carboxylic acids is 1. The summed E-state index contributed by atoms with van der Waals surface area (Å²) in [5.41, 5.74) is 0.683. The molecule has 0 aromatic heterocycles. The number of carboxylic acids is 1. The van der Waals surface area contributed by atoms with Crippen LogP contribution in [0.25, 0.3) is 6.08 Å². The lowest BCUT2D eigenvalue weighted by Crippen LogP contribution is -2.09. The minimum Gasteiger partial charge on any atom is -0.490 e. The smallest absolute Gasteiger partial charge is 0.328 e. The normalized spacial score (nSPS) is 11.8. The molecule has 19 heavy (non-hydrogen) atoms. The average molecular weight is 261 g/mol. The Morgan fingerprint density at radius 1 is 1.53 bits per heavy atom. The molecule has 0 spiro atoms. The van der Waals surface area contributed by atoms with Gasteiger partial charge in [-0.1, -0.05) is 6.07 Å². The summed E-state index contributed by atoms with van der Waals surface area (Å²) in [5.74, 6) is -0.0723. The predicted octanol–water partition coefficient (Wildman–Crippen LogP) is 2.47. The van der Waals surface area contributed by atoms with Crippen LogP contribution < -0.4 is 9.47 Å². The Morgan fingerprint density at radius 2 is 2.26 bits per heavy atom. The van der Waals surface area contributed by atoms with E-state index in [1.165, 1.54) is 6.08 Å². The summed E-state index contributed by atoms with van der Waals surface area (Å²) in [6.07, 6.45) is 1.92. The van der Waals surface area contributed by atoms with E-state index in [1.54, 1.807) is 25.1 Å². The third-order valence-corrected chi connectivity index (χ3v) is 2.17. The molecule has 0 radical (unpaired) electrons. The van der Waals surface area contributed by atoms with E-state index in [0.717, 1.165) is 6.08 Å². The molecule has 100 valence electrons. The average Bonchev–Trinajstić information content (AvgIpc) is 2.39. The summed E-state index contributed by atoms with van der Waals surface area (Å²) in [4.78, 5) is 10.5. The molecular weight excluding hydrogens is 246 g/mol. The summed E-state index contributed by atoms with van der Waals surface area (Å²) in [6.45, 7) is 3.91. The Morgan fingerprint density at radius 3 is 2.84 bits per heavy atom. The van der Waals surface area contributed by atoms with Crippen molar-refractivity contribution in [3.63, 3.8) is 0 Å². The fourth-order valence-electron chi connectivity index (χ4n) is 1.38. The molecule has 1 rings (SSSR count). The highest BCUT2D eigenvalue weighted by atomic mass is 16.5. The number of hydrogen-bond donors (Lipinski definition) is 1. The van der Waals surface area contributed by atoms with Crippen LogP contribution in [-0.4, -0.2) is 23.8 Å². The number of rotatable bonds is 6. The topological polar surface area (TPSA) is 79.6 Å². The molecule has 5 nitrogen and oxygen atoms in total. The van der Waals surface area contributed by atoms with E-state index >= 15 is 0 Å². The Bertz CT molecular complexity index is 517. The summed E-state index contributed by atoms with van der Waals surface area (Å²) in [6, 6.07) is 6.99. The number of nitriles is 1. The van der Waals surface area contributed by atoms with Gasteiger partial charge in [-0.25, -0.2) is 4.79 Å². The van der Waals surface area contributed by atoms with E-state index in [1.807, 2.05) is 13.0 Å². The molecule has 0 saturated heterocycles. The molecule has 1 atom stereocenters. The molecule has 0 heterocycles. The molecule has 0 fully saturated rings. The summed E-state index contributed by atoms with van der Waals surface area (Å²) >= 11 is 0.